The van der Waals surface area contributed by atoms with Crippen molar-refractivity contribution >= 4 is 27.7 Å². The maximum atomic E-state index is 6.55. The van der Waals surface area contributed by atoms with Gasteiger partial charge in [-0.3, -0.25) is 4.90 Å². The Balaban J connectivity index is 1.32. The van der Waals surface area contributed by atoms with E-state index in [2.05, 4.69) is 170 Å². The van der Waals surface area contributed by atoms with E-state index in [1.807, 2.05) is 0 Å². The van der Waals surface area contributed by atoms with Gasteiger partial charge in [0.15, 0.2) is 11.5 Å². The van der Waals surface area contributed by atoms with Crippen LogP contribution < -0.4 is 14.4 Å². The molecule has 0 saturated heterocycles. The van der Waals surface area contributed by atoms with E-state index in [1.165, 1.54) is 33.4 Å². The fourth-order valence-electron chi connectivity index (χ4n) is 7.45. The molecular formula is C45H35NO2S. The van der Waals surface area contributed by atoms with Crippen LogP contribution >= 0.6 is 11.3 Å². The highest BCUT2D eigenvalue weighted by Gasteiger charge is 2.37. The summed E-state index contributed by atoms with van der Waals surface area (Å²) in [4.78, 5) is 3.48. The van der Waals surface area contributed by atoms with Crippen molar-refractivity contribution in [3.05, 3.63) is 163 Å². The van der Waals surface area contributed by atoms with Crippen molar-refractivity contribution < 1.29 is 9.47 Å². The molecule has 49 heavy (non-hydrogen) atoms. The lowest BCUT2D eigenvalue weighted by molar-refractivity contribution is 0.175. The molecular weight excluding hydrogens is 619 g/mol. The Hall–Kier alpha value is -5.58. The fraction of sp³-hybridized carbons (Fsp3) is 0.111. The van der Waals surface area contributed by atoms with Crippen molar-refractivity contribution in [1.82, 2.24) is 0 Å². The second-order valence-electron chi connectivity index (χ2n) is 13.2. The molecule has 0 radical (unpaired) electrons. The molecule has 0 bridgehead atoms. The van der Waals surface area contributed by atoms with Crippen LogP contribution in [-0.2, 0) is 5.41 Å². The molecule has 1 aliphatic heterocycles. The molecule has 7 aromatic rings. The third-order valence-electron chi connectivity index (χ3n) is 9.88. The Morgan fingerprint density at radius 3 is 1.86 bits per heavy atom. The second-order valence-corrected chi connectivity index (χ2v) is 14.2. The third-order valence-corrected chi connectivity index (χ3v) is 11.1. The molecule has 1 aliphatic carbocycles. The van der Waals surface area contributed by atoms with Gasteiger partial charge in [0.25, 0.3) is 0 Å². The molecule has 1 aromatic heterocycles. The first-order valence-electron chi connectivity index (χ1n) is 16.9. The van der Waals surface area contributed by atoms with Gasteiger partial charge in [-0.2, -0.15) is 0 Å². The van der Waals surface area contributed by atoms with Crippen LogP contribution in [-0.4, -0.2) is 13.2 Å². The molecule has 0 unspecified atom stereocenters. The summed E-state index contributed by atoms with van der Waals surface area (Å²) in [6.45, 7) is 5.71. The van der Waals surface area contributed by atoms with Crippen molar-refractivity contribution in [3.8, 4) is 55.3 Å². The van der Waals surface area contributed by atoms with E-state index >= 15 is 0 Å². The van der Waals surface area contributed by atoms with Crippen molar-refractivity contribution in [2.45, 2.75) is 19.3 Å². The van der Waals surface area contributed by atoms with E-state index in [-0.39, 0.29) is 5.41 Å². The molecule has 2 heterocycles. The number of benzene rings is 6. The lowest BCUT2D eigenvalue weighted by atomic mass is 9.82. The summed E-state index contributed by atoms with van der Waals surface area (Å²) >= 11 is 1.73. The SMILES string of the molecule is CC1(C)c2ccccc2-c2ccc(N(c3ccc(-c4ccccc4)cc3-c3ccccc3)c3sc(-c4ccccc4)c4c3OCCO4)cc21. The zero-order valence-electron chi connectivity index (χ0n) is 27.5. The van der Waals surface area contributed by atoms with Crippen molar-refractivity contribution in [1.29, 1.82) is 0 Å². The van der Waals surface area contributed by atoms with Crippen LogP contribution in [0.5, 0.6) is 11.5 Å². The van der Waals surface area contributed by atoms with E-state index in [9.17, 15) is 0 Å². The molecule has 238 valence electrons. The van der Waals surface area contributed by atoms with E-state index < -0.39 is 0 Å². The number of thiophene rings is 1. The zero-order chi connectivity index (χ0) is 33.0. The Morgan fingerprint density at radius 1 is 0.510 bits per heavy atom. The molecule has 0 fully saturated rings. The number of anilines is 3. The van der Waals surface area contributed by atoms with Crippen LogP contribution in [0.15, 0.2) is 152 Å². The number of rotatable bonds is 6. The first-order valence-corrected chi connectivity index (χ1v) is 17.7. The highest BCUT2D eigenvalue weighted by molar-refractivity contribution is 7.20. The summed E-state index contributed by atoms with van der Waals surface area (Å²) in [6.07, 6.45) is 0. The van der Waals surface area contributed by atoms with Crippen LogP contribution in [0.1, 0.15) is 25.0 Å². The van der Waals surface area contributed by atoms with Crippen molar-refractivity contribution in [3.63, 3.8) is 0 Å². The van der Waals surface area contributed by atoms with Gasteiger partial charge in [-0.05, 0) is 68.8 Å². The summed E-state index contributed by atoms with van der Waals surface area (Å²) in [6, 6.07) is 54.5. The number of hydrogen-bond donors (Lipinski definition) is 0. The quantitative estimate of drug-likeness (QED) is 0.178. The summed E-state index contributed by atoms with van der Waals surface area (Å²) in [7, 11) is 0. The van der Waals surface area contributed by atoms with Crippen LogP contribution in [0.4, 0.5) is 16.4 Å². The van der Waals surface area contributed by atoms with Gasteiger partial charge in [0.2, 0.25) is 0 Å². The Kier molecular flexibility index (Phi) is 7.14. The number of hydrogen-bond acceptors (Lipinski definition) is 4. The van der Waals surface area contributed by atoms with Crippen LogP contribution in [0.25, 0.3) is 43.8 Å². The summed E-state index contributed by atoms with van der Waals surface area (Å²) < 4.78 is 13.0. The second kappa shape index (κ2) is 11.8. The minimum Gasteiger partial charge on any atom is -0.485 e. The minimum absolute atomic E-state index is 0.142. The van der Waals surface area contributed by atoms with Crippen LogP contribution in [0, 0.1) is 0 Å². The fourth-order valence-corrected chi connectivity index (χ4v) is 8.68. The monoisotopic (exact) mass is 653 g/mol. The Morgan fingerprint density at radius 2 is 1.12 bits per heavy atom. The van der Waals surface area contributed by atoms with Crippen LogP contribution in [0.3, 0.4) is 0 Å². The van der Waals surface area contributed by atoms with Crippen LogP contribution in [0.2, 0.25) is 0 Å². The van der Waals surface area contributed by atoms with E-state index in [4.69, 9.17) is 9.47 Å². The molecule has 9 rings (SSSR count). The summed E-state index contributed by atoms with van der Waals surface area (Å²) in [5.74, 6) is 1.61. The molecule has 6 aromatic carbocycles. The van der Waals surface area contributed by atoms with Gasteiger partial charge >= 0.3 is 0 Å². The molecule has 0 saturated carbocycles. The molecule has 2 aliphatic rings. The summed E-state index contributed by atoms with van der Waals surface area (Å²) in [5.41, 5.74) is 13.1. The standard InChI is InChI=1S/C45H35NO2S/c1-45(2)38-21-13-12-20-35(38)36-24-23-34(29-39(36)45)46(44-42-41(47-26-27-48-42)43(49-44)32-18-10-5-11-19-32)40-25-22-33(30-14-6-3-7-15-30)28-37(40)31-16-8-4-9-17-31/h3-25,28-29H,26-27H2,1-2H3. The van der Waals surface area contributed by atoms with Gasteiger partial charge in [0.1, 0.15) is 18.2 Å². The van der Waals surface area contributed by atoms with Gasteiger partial charge in [0.05, 0.1) is 10.6 Å². The normalized spacial score (nSPS) is 13.8. The number of ether oxygens (including phenoxy) is 2. The molecule has 3 nitrogen and oxygen atoms in total. The molecule has 0 amide bonds. The molecule has 0 N–H and O–H groups in total. The lowest BCUT2D eigenvalue weighted by Crippen LogP contribution is -2.18. The first-order chi connectivity index (χ1) is 24.1. The first kappa shape index (κ1) is 29.6. The summed E-state index contributed by atoms with van der Waals surface area (Å²) in [5, 5.41) is 1.01. The molecule has 4 heteroatoms. The average molecular weight is 654 g/mol. The van der Waals surface area contributed by atoms with Gasteiger partial charge in [-0.15, -0.1) is 11.3 Å². The minimum atomic E-state index is -0.142. The highest BCUT2D eigenvalue weighted by atomic mass is 32.1. The van der Waals surface area contributed by atoms with Gasteiger partial charge in [0, 0.05) is 16.7 Å². The predicted octanol–water partition coefficient (Wildman–Crippen LogP) is 12.3. The zero-order valence-corrected chi connectivity index (χ0v) is 28.3. The number of fused-ring (bicyclic) bond motifs is 4. The van der Waals surface area contributed by atoms with E-state index in [1.54, 1.807) is 11.3 Å². The van der Waals surface area contributed by atoms with Crippen molar-refractivity contribution in [2.24, 2.45) is 0 Å². The average Bonchev–Trinajstić information content (AvgIpc) is 3.65. The van der Waals surface area contributed by atoms with E-state index in [0.29, 0.717) is 13.2 Å². The maximum Gasteiger partial charge on any atom is 0.197 e. The van der Waals surface area contributed by atoms with Gasteiger partial charge in [-0.1, -0.05) is 141 Å². The van der Waals surface area contributed by atoms with Crippen molar-refractivity contribution in [2.75, 3.05) is 18.1 Å². The lowest BCUT2D eigenvalue weighted by Gasteiger charge is -2.30. The van der Waals surface area contributed by atoms with E-state index in [0.717, 1.165) is 49.4 Å². The largest absolute Gasteiger partial charge is 0.485 e. The Bertz CT molecular complexity index is 2310. The highest BCUT2D eigenvalue weighted by Crippen LogP contribution is 2.59. The number of nitrogens with zero attached hydrogens (tertiary/aromatic N) is 1. The Labute approximate surface area is 291 Å². The smallest absolute Gasteiger partial charge is 0.197 e. The molecule has 0 spiro atoms. The maximum absolute atomic E-state index is 6.55. The predicted molar refractivity (Wildman–Crippen MR) is 204 cm³/mol. The topological polar surface area (TPSA) is 21.7 Å². The van der Waals surface area contributed by atoms with Gasteiger partial charge < -0.3 is 9.47 Å². The van der Waals surface area contributed by atoms with Gasteiger partial charge in [-0.25, -0.2) is 0 Å². The molecule has 0 atom stereocenters. The third kappa shape index (κ3) is 4.94.